The standard InChI is InChI=1S/C17H23NO5/c1-17(2,3)23-15(20)13-9-10-14(19)18(13)16(21)22-11-12-7-5-4-6-8-12/h4-8,13-14,19H,9-11H2,1-3H3/t13-,14?/m0/s1. The van der Waals surface area contributed by atoms with E-state index in [0.29, 0.717) is 12.8 Å². The Hall–Kier alpha value is -2.08. The molecule has 1 aliphatic rings. The first-order valence-electron chi connectivity index (χ1n) is 7.68. The van der Waals surface area contributed by atoms with Crippen LogP contribution in [0.15, 0.2) is 30.3 Å². The van der Waals surface area contributed by atoms with Crippen LogP contribution in [0.3, 0.4) is 0 Å². The Kier molecular flexibility index (Phi) is 5.26. The van der Waals surface area contributed by atoms with Crippen molar-refractivity contribution < 1.29 is 24.2 Å². The molecule has 6 heteroatoms. The van der Waals surface area contributed by atoms with Crippen molar-refractivity contribution in [1.82, 2.24) is 4.90 Å². The molecule has 1 heterocycles. The summed E-state index contributed by atoms with van der Waals surface area (Å²) < 4.78 is 10.5. The van der Waals surface area contributed by atoms with Crippen molar-refractivity contribution in [3.05, 3.63) is 35.9 Å². The van der Waals surface area contributed by atoms with E-state index in [1.807, 2.05) is 30.3 Å². The quantitative estimate of drug-likeness (QED) is 0.865. The SMILES string of the molecule is CC(C)(C)OC(=O)[C@@H]1CCC(O)N1C(=O)OCc1ccccc1. The molecule has 0 saturated carbocycles. The number of aliphatic hydroxyl groups is 1. The number of amides is 1. The number of hydrogen-bond donors (Lipinski definition) is 1. The van der Waals surface area contributed by atoms with Crippen LogP contribution in [-0.2, 0) is 20.9 Å². The van der Waals surface area contributed by atoms with Crippen LogP contribution in [-0.4, -0.2) is 39.9 Å². The fourth-order valence-electron chi connectivity index (χ4n) is 2.44. The van der Waals surface area contributed by atoms with Gasteiger partial charge in [0.15, 0.2) is 0 Å². The zero-order valence-electron chi connectivity index (χ0n) is 13.7. The average Bonchev–Trinajstić information content (AvgIpc) is 2.86. The number of carbonyl (C=O) groups excluding carboxylic acids is 2. The highest BCUT2D eigenvalue weighted by Gasteiger charge is 2.43. The second-order valence-corrected chi connectivity index (χ2v) is 6.55. The summed E-state index contributed by atoms with van der Waals surface area (Å²) in [5.74, 6) is -0.522. The third kappa shape index (κ3) is 4.69. The fourth-order valence-corrected chi connectivity index (χ4v) is 2.44. The molecule has 6 nitrogen and oxygen atoms in total. The maximum atomic E-state index is 12.2. The van der Waals surface area contributed by atoms with Crippen LogP contribution >= 0.6 is 0 Å². The van der Waals surface area contributed by atoms with Crippen molar-refractivity contribution in [2.24, 2.45) is 0 Å². The van der Waals surface area contributed by atoms with Crippen LogP contribution in [0.25, 0.3) is 0 Å². The molecular weight excluding hydrogens is 298 g/mol. The van der Waals surface area contributed by atoms with Crippen LogP contribution in [0.5, 0.6) is 0 Å². The summed E-state index contributed by atoms with van der Waals surface area (Å²) in [5.41, 5.74) is 0.188. The second kappa shape index (κ2) is 7.00. The predicted octanol–water partition coefficient (Wildman–Crippen LogP) is 2.45. The lowest BCUT2D eigenvalue weighted by Crippen LogP contribution is -2.47. The van der Waals surface area contributed by atoms with Crippen molar-refractivity contribution in [1.29, 1.82) is 0 Å². The van der Waals surface area contributed by atoms with Gasteiger partial charge in [-0.2, -0.15) is 0 Å². The lowest BCUT2D eigenvalue weighted by atomic mass is 10.1. The monoisotopic (exact) mass is 321 g/mol. The van der Waals surface area contributed by atoms with E-state index < -0.39 is 29.9 Å². The van der Waals surface area contributed by atoms with Crippen LogP contribution < -0.4 is 0 Å². The predicted molar refractivity (Wildman–Crippen MR) is 83.3 cm³/mol. The van der Waals surface area contributed by atoms with E-state index in [0.717, 1.165) is 10.5 Å². The molecule has 1 N–H and O–H groups in total. The zero-order valence-corrected chi connectivity index (χ0v) is 13.7. The summed E-state index contributed by atoms with van der Waals surface area (Å²) in [4.78, 5) is 25.5. The van der Waals surface area contributed by atoms with E-state index >= 15 is 0 Å². The van der Waals surface area contributed by atoms with Crippen molar-refractivity contribution in [2.75, 3.05) is 0 Å². The number of nitrogens with zero attached hydrogens (tertiary/aromatic N) is 1. The third-order valence-electron chi connectivity index (χ3n) is 3.45. The van der Waals surface area contributed by atoms with E-state index in [-0.39, 0.29) is 6.61 Å². The van der Waals surface area contributed by atoms with Gasteiger partial charge >= 0.3 is 12.1 Å². The molecule has 1 aromatic carbocycles. The van der Waals surface area contributed by atoms with Gasteiger partial charge in [-0.15, -0.1) is 0 Å². The summed E-state index contributed by atoms with van der Waals surface area (Å²) in [7, 11) is 0. The van der Waals surface area contributed by atoms with Gasteiger partial charge in [-0.05, 0) is 39.2 Å². The molecule has 1 aromatic rings. The number of hydrogen-bond acceptors (Lipinski definition) is 5. The van der Waals surface area contributed by atoms with E-state index in [9.17, 15) is 14.7 Å². The number of rotatable bonds is 3. The Labute approximate surface area is 136 Å². The molecule has 126 valence electrons. The van der Waals surface area contributed by atoms with E-state index in [1.165, 1.54) is 0 Å². The van der Waals surface area contributed by atoms with E-state index in [1.54, 1.807) is 20.8 Å². The molecule has 0 aromatic heterocycles. The number of ether oxygens (including phenoxy) is 2. The molecule has 0 bridgehead atoms. The van der Waals surface area contributed by atoms with Gasteiger partial charge in [-0.1, -0.05) is 30.3 Å². The summed E-state index contributed by atoms with van der Waals surface area (Å²) in [6.45, 7) is 5.36. The highest BCUT2D eigenvalue weighted by Crippen LogP contribution is 2.26. The number of aliphatic hydroxyl groups excluding tert-OH is 1. The first-order chi connectivity index (χ1) is 10.8. The van der Waals surface area contributed by atoms with Crippen LogP contribution in [0, 0.1) is 0 Å². The minimum atomic E-state index is -1.03. The second-order valence-electron chi connectivity index (χ2n) is 6.55. The number of benzene rings is 1. The van der Waals surface area contributed by atoms with Crippen LogP contribution in [0.1, 0.15) is 39.2 Å². The van der Waals surface area contributed by atoms with E-state index in [2.05, 4.69) is 0 Å². The molecule has 2 rings (SSSR count). The molecule has 1 amide bonds. The Bertz CT molecular complexity index is 552. The van der Waals surface area contributed by atoms with Crippen molar-refractivity contribution in [3.63, 3.8) is 0 Å². The van der Waals surface area contributed by atoms with E-state index in [4.69, 9.17) is 9.47 Å². The summed E-state index contributed by atoms with van der Waals surface area (Å²) in [5, 5.41) is 9.99. The molecule has 1 aliphatic heterocycles. The summed E-state index contributed by atoms with van der Waals surface area (Å²) in [6.07, 6.45) is -1.06. The maximum Gasteiger partial charge on any atom is 0.412 e. The summed E-state index contributed by atoms with van der Waals surface area (Å²) in [6, 6.07) is 8.41. The molecule has 1 unspecified atom stereocenters. The van der Waals surface area contributed by atoms with Gasteiger partial charge < -0.3 is 14.6 Å². The van der Waals surface area contributed by atoms with Gasteiger partial charge in [0.05, 0.1) is 0 Å². The maximum absolute atomic E-state index is 12.2. The minimum absolute atomic E-state index is 0.0872. The molecular formula is C17H23NO5. The molecule has 0 aliphatic carbocycles. The highest BCUT2D eigenvalue weighted by molar-refractivity contribution is 5.82. The molecule has 1 fully saturated rings. The number of esters is 1. The van der Waals surface area contributed by atoms with Crippen molar-refractivity contribution in [2.45, 2.75) is 58.1 Å². The van der Waals surface area contributed by atoms with Gasteiger partial charge in [-0.3, -0.25) is 4.90 Å². The topological polar surface area (TPSA) is 76.1 Å². The van der Waals surface area contributed by atoms with Gasteiger partial charge in [0.1, 0.15) is 24.5 Å². The minimum Gasteiger partial charge on any atom is -0.458 e. The van der Waals surface area contributed by atoms with Crippen molar-refractivity contribution in [3.8, 4) is 0 Å². The lowest BCUT2D eigenvalue weighted by Gasteiger charge is -2.28. The highest BCUT2D eigenvalue weighted by atomic mass is 16.6. The molecule has 23 heavy (non-hydrogen) atoms. The van der Waals surface area contributed by atoms with Gasteiger partial charge in [0.2, 0.25) is 0 Å². The summed E-state index contributed by atoms with van der Waals surface area (Å²) >= 11 is 0. The Morgan fingerprint density at radius 3 is 2.48 bits per heavy atom. The molecule has 2 atom stereocenters. The smallest absolute Gasteiger partial charge is 0.412 e. The molecule has 0 radical (unpaired) electrons. The Morgan fingerprint density at radius 1 is 1.22 bits per heavy atom. The van der Waals surface area contributed by atoms with Gasteiger partial charge in [0.25, 0.3) is 0 Å². The first kappa shape index (κ1) is 17.3. The first-order valence-corrected chi connectivity index (χ1v) is 7.68. The normalized spacial score (nSPS) is 21.1. The van der Waals surface area contributed by atoms with Crippen LogP contribution in [0.4, 0.5) is 4.79 Å². The fraction of sp³-hybridized carbons (Fsp3) is 0.529. The van der Waals surface area contributed by atoms with Gasteiger partial charge in [-0.25, -0.2) is 9.59 Å². The molecule has 1 saturated heterocycles. The lowest BCUT2D eigenvalue weighted by molar-refractivity contribution is -0.161. The molecule has 0 spiro atoms. The largest absolute Gasteiger partial charge is 0.458 e. The average molecular weight is 321 g/mol. The Morgan fingerprint density at radius 2 is 1.87 bits per heavy atom. The van der Waals surface area contributed by atoms with Crippen molar-refractivity contribution >= 4 is 12.1 Å². The van der Waals surface area contributed by atoms with Crippen LogP contribution in [0.2, 0.25) is 0 Å². The number of likely N-dealkylation sites (tertiary alicyclic amines) is 1. The third-order valence-corrected chi connectivity index (χ3v) is 3.45. The Balaban J connectivity index is 1.99. The van der Waals surface area contributed by atoms with Gasteiger partial charge in [0, 0.05) is 0 Å². The number of carbonyl (C=O) groups is 2. The zero-order chi connectivity index (χ0) is 17.0.